The zero-order valence-electron chi connectivity index (χ0n) is 12.5. The van der Waals surface area contributed by atoms with Gasteiger partial charge in [0.05, 0.1) is 25.5 Å². The molecular weight excluding hydrogens is 264 g/mol. The van der Waals surface area contributed by atoms with Crippen molar-refractivity contribution in [2.75, 3.05) is 26.2 Å². The normalized spacial score (nSPS) is 19.8. The molecule has 3 rings (SSSR count). The number of nitrogens with zero attached hydrogens (tertiary/aromatic N) is 4. The van der Waals surface area contributed by atoms with Crippen LogP contribution in [0.2, 0.25) is 0 Å². The van der Waals surface area contributed by atoms with Crippen LogP contribution in [0.4, 0.5) is 0 Å². The molecule has 2 aromatic heterocycles. The van der Waals surface area contributed by atoms with Gasteiger partial charge in [0.2, 0.25) is 0 Å². The number of hydrogen-bond acceptors (Lipinski definition) is 4. The number of ether oxygens (including phenoxy) is 1. The minimum absolute atomic E-state index is 0.232. The van der Waals surface area contributed by atoms with Crippen molar-refractivity contribution in [2.45, 2.75) is 26.0 Å². The van der Waals surface area contributed by atoms with E-state index in [4.69, 9.17) is 4.74 Å². The highest BCUT2D eigenvalue weighted by molar-refractivity contribution is 5.10. The standard InChI is InChI=1S/C16H22N4O/c1-14-10-18-20(11-14)13-16-12-19(8-9-21-16)7-4-15-2-5-17-6-3-15/h2-3,5-6,10-11,16H,4,7-9,12-13H2,1H3/t16-/m1/s1. The zero-order valence-corrected chi connectivity index (χ0v) is 12.5. The quantitative estimate of drug-likeness (QED) is 0.836. The Balaban J connectivity index is 1.49. The van der Waals surface area contributed by atoms with Gasteiger partial charge in [-0.3, -0.25) is 14.6 Å². The SMILES string of the molecule is Cc1cnn(C[C@H]2CN(CCc3ccncc3)CCO2)c1. The molecule has 3 heterocycles. The first-order valence-electron chi connectivity index (χ1n) is 7.51. The molecular formula is C16H22N4O. The van der Waals surface area contributed by atoms with E-state index in [0.29, 0.717) is 0 Å². The first-order chi connectivity index (χ1) is 10.3. The molecule has 0 unspecified atom stereocenters. The third-order valence-corrected chi connectivity index (χ3v) is 3.84. The number of hydrogen-bond donors (Lipinski definition) is 0. The van der Waals surface area contributed by atoms with Gasteiger partial charge in [0.1, 0.15) is 0 Å². The third-order valence-electron chi connectivity index (χ3n) is 3.84. The van der Waals surface area contributed by atoms with Crippen LogP contribution in [0.25, 0.3) is 0 Å². The van der Waals surface area contributed by atoms with E-state index in [0.717, 1.165) is 39.2 Å². The molecule has 0 spiro atoms. The van der Waals surface area contributed by atoms with Crippen molar-refractivity contribution < 1.29 is 4.74 Å². The second-order valence-electron chi connectivity index (χ2n) is 5.64. The van der Waals surface area contributed by atoms with Gasteiger partial charge >= 0.3 is 0 Å². The Hall–Kier alpha value is -1.72. The second kappa shape index (κ2) is 6.83. The number of morpholine rings is 1. The highest BCUT2D eigenvalue weighted by Gasteiger charge is 2.20. The van der Waals surface area contributed by atoms with Crippen molar-refractivity contribution in [1.29, 1.82) is 0 Å². The van der Waals surface area contributed by atoms with Crippen LogP contribution in [0.15, 0.2) is 36.9 Å². The lowest BCUT2D eigenvalue weighted by Crippen LogP contribution is -2.44. The van der Waals surface area contributed by atoms with Crippen LogP contribution in [0.5, 0.6) is 0 Å². The van der Waals surface area contributed by atoms with Crippen LogP contribution in [-0.2, 0) is 17.7 Å². The van der Waals surface area contributed by atoms with E-state index in [2.05, 4.69) is 40.2 Å². The van der Waals surface area contributed by atoms with Crippen LogP contribution in [0.1, 0.15) is 11.1 Å². The Kier molecular flexibility index (Phi) is 4.62. The molecule has 1 aliphatic rings. The van der Waals surface area contributed by atoms with Crippen LogP contribution in [0, 0.1) is 6.92 Å². The van der Waals surface area contributed by atoms with Gasteiger partial charge in [0.15, 0.2) is 0 Å². The first kappa shape index (κ1) is 14.2. The van der Waals surface area contributed by atoms with E-state index in [1.807, 2.05) is 23.3 Å². The molecule has 0 N–H and O–H groups in total. The smallest absolute Gasteiger partial charge is 0.0898 e. The van der Waals surface area contributed by atoms with Gasteiger partial charge in [-0.05, 0) is 36.6 Å². The Morgan fingerprint density at radius 3 is 2.95 bits per heavy atom. The summed E-state index contributed by atoms with van der Waals surface area (Å²) in [5.41, 5.74) is 2.54. The number of rotatable bonds is 5. The lowest BCUT2D eigenvalue weighted by atomic mass is 10.2. The summed E-state index contributed by atoms with van der Waals surface area (Å²) < 4.78 is 7.84. The highest BCUT2D eigenvalue weighted by Crippen LogP contribution is 2.09. The monoisotopic (exact) mass is 286 g/mol. The number of aromatic nitrogens is 3. The molecule has 1 aliphatic heterocycles. The van der Waals surface area contributed by atoms with Gasteiger partial charge in [0.25, 0.3) is 0 Å². The van der Waals surface area contributed by atoms with Crippen molar-refractivity contribution in [3.63, 3.8) is 0 Å². The van der Waals surface area contributed by atoms with Crippen LogP contribution < -0.4 is 0 Å². The van der Waals surface area contributed by atoms with E-state index in [1.165, 1.54) is 11.1 Å². The number of pyridine rings is 1. The molecule has 0 amide bonds. The summed E-state index contributed by atoms with van der Waals surface area (Å²) in [6.07, 6.45) is 8.98. The van der Waals surface area contributed by atoms with Gasteiger partial charge in [-0.15, -0.1) is 0 Å². The molecule has 0 saturated carbocycles. The average Bonchev–Trinajstić information content (AvgIpc) is 2.92. The maximum atomic E-state index is 5.86. The largest absolute Gasteiger partial charge is 0.374 e. The Morgan fingerprint density at radius 2 is 2.19 bits per heavy atom. The summed E-state index contributed by atoms with van der Waals surface area (Å²) in [6, 6.07) is 4.18. The molecule has 0 aromatic carbocycles. The zero-order chi connectivity index (χ0) is 14.5. The Labute approximate surface area is 125 Å². The predicted molar refractivity (Wildman–Crippen MR) is 81.1 cm³/mol. The summed E-state index contributed by atoms with van der Waals surface area (Å²) in [5, 5.41) is 4.34. The third kappa shape index (κ3) is 4.12. The summed E-state index contributed by atoms with van der Waals surface area (Å²) in [5.74, 6) is 0. The van der Waals surface area contributed by atoms with Crippen molar-refractivity contribution in [1.82, 2.24) is 19.7 Å². The van der Waals surface area contributed by atoms with E-state index in [1.54, 1.807) is 0 Å². The van der Waals surface area contributed by atoms with Crippen molar-refractivity contribution in [3.8, 4) is 0 Å². The minimum Gasteiger partial charge on any atom is -0.374 e. The van der Waals surface area contributed by atoms with Gasteiger partial charge in [-0.2, -0.15) is 5.10 Å². The second-order valence-corrected chi connectivity index (χ2v) is 5.64. The van der Waals surface area contributed by atoms with Crippen LogP contribution in [-0.4, -0.2) is 52.0 Å². The molecule has 0 bridgehead atoms. The van der Waals surface area contributed by atoms with E-state index >= 15 is 0 Å². The Bertz CT molecular complexity index is 554. The lowest BCUT2D eigenvalue weighted by molar-refractivity contribution is -0.0370. The maximum Gasteiger partial charge on any atom is 0.0898 e. The van der Waals surface area contributed by atoms with Gasteiger partial charge in [-0.1, -0.05) is 0 Å². The molecule has 112 valence electrons. The minimum atomic E-state index is 0.232. The first-order valence-corrected chi connectivity index (χ1v) is 7.51. The van der Waals surface area contributed by atoms with Crippen molar-refractivity contribution in [2.24, 2.45) is 0 Å². The summed E-state index contributed by atoms with van der Waals surface area (Å²) in [4.78, 5) is 6.53. The number of aryl methyl sites for hydroxylation is 1. The van der Waals surface area contributed by atoms with Crippen molar-refractivity contribution in [3.05, 3.63) is 48.0 Å². The molecule has 1 fully saturated rings. The van der Waals surface area contributed by atoms with Crippen LogP contribution >= 0.6 is 0 Å². The highest BCUT2D eigenvalue weighted by atomic mass is 16.5. The van der Waals surface area contributed by atoms with E-state index in [-0.39, 0.29) is 6.10 Å². The van der Waals surface area contributed by atoms with Gasteiger partial charge < -0.3 is 4.74 Å². The molecule has 1 saturated heterocycles. The van der Waals surface area contributed by atoms with Gasteiger partial charge in [0, 0.05) is 38.2 Å². The van der Waals surface area contributed by atoms with E-state index < -0.39 is 0 Å². The summed E-state index contributed by atoms with van der Waals surface area (Å²) in [7, 11) is 0. The van der Waals surface area contributed by atoms with Gasteiger partial charge in [-0.25, -0.2) is 0 Å². The topological polar surface area (TPSA) is 43.2 Å². The Morgan fingerprint density at radius 1 is 1.33 bits per heavy atom. The maximum absolute atomic E-state index is 5.86. The predicted octanol–water partition coefficient (Wildman–Crippen LogP) is 1.53. The van der Waals surface area contributed by atoms with Crippen LogP contribution in [0.3, 0.4) is 0 Å². The fraction of sp³-hybridized carbons (Fsp3) is 0.500. The molecule has 1 atom stereocenters. The molecule has 0 aliphatic carbocycles. The summed E-state index contributed by atoms with van der Waals surface area (Å²) >= 11 is 0. The fourth-order valence-electron chi connectivity index (χ4n) is 2.71. The molecule has 5 nitrogen and oxygen atoms in total. The molecule has 5 heteroatoms. The molecule has 21 heavy (non-hydrogen) atoms. The lowest BCUT2D eigenvalue weighted by Gasteiger charge is -2.32. The average molecular weight is 286 g/mol. The molecule has 2 aromatic rings. The summed E-state index contributed by atoms with van der Waals surface area (Å²) in [6.45, 7) is 6.76. The van der Waals surface area contributed by atoms with E-state index in [9.17, 15) is 0 Å². The molecule has 0 radical (unpaired) electrons. The van der Waals surface area contributed by atoms with Crippen molar-refractivity contribution >= 4 is 0 Å². The fourth-order valence-corrected chi connectivity index (χ4v) is 2.71.